The summed E-state index contributed by atoms with van der Waals surface area (Å²) in [6.07, 6.45) is 3.51. The van der Waals surface area contributed by atoms with Gasteiger partial charge in [0.2, 0.25) is 0 Å². The van der Waals surface area contributed by atoms with E-state index in [4.69, 9.17) is 0 Å². The summed E-state index contributed by atoms with van der Waals surface area (Å²) in [6, 6.07) is 14.9. The summed E-state index contributed by atoms with van der Waals surface area (Å²) in [6.45, 7) is 2.99. The Morgan fingerprint density at radius 1 is 1.18 bits per heavy atom. The van der Waals surface area contributed by atoms with E-state index in [9.17, 15) is 8.60 Å². The summed E-state index contributed by atoms with van der Waals surface area (Å²) in [5.41, 5.74) is 2.21. The number of rotatable bonds is 7. The Hall–Kier alpha value is -1.52. The summed E-state index contributed by atoms with van der Waals surface area (Å²) >= 11 is 0. The van der Waals surface area contributed by atoms with E-state index in [1.165, 1.54) is 11.6 Å². The molecule has 0 aliphatic rings. The van der Waals surface area contributed by atoms with Gasteiger partial charge in [0.05, 0.1) is 0 Å². The molecule has 0 amide bonds. The van der Waals surface area contributed by atoms with Gasteiger partial charge < -0.3 is 5.32 Å². The van der Waals surface area contributed by atoms with Crippen molar-refractivity contribution in [3.63, 3.8) is 0 Å². The number of benzene rings is 2. The van der Waals surface area contributed by atoms with Crippen molar-refractivity contribution in [2.45, 2.75) is 30.7 Å². The second-order valence-electron chi connectivity index (χ2n) is 5.43. The molecule has 0 radical (unpaired) electrons. The first-order valence-electron chi connectivity index (χ1n) is 7.47. The molecule has 0 fully saturated rings. The van der Waals surface area contributed by atoms with Gasteiger partial charge in [-0.2, -0.15) is 0 Å². The van der Waals surface area contributed by atoms with Crippen molar-refractivity contribution in [3.05, 3.63) is 65.5 Å². The summed E-state index contributed by atoms with van der Waals surface area (Å²) in [5.74, 6) is -0.174. The molecule has 0 saturated carbocycles. The summed E-state index contributed by atoms with van der Waals surface area (Å²) in [4.78, 5) is 0.849. The van der Waals surface area contributed by atoms with Crippen LogP contribution in [0.2, 0.25) is 0 Å². The average molecular weight is 319 g/mol. The van der Waals surface area contributed by atoms with Crippen LogP contribution >= 0.6 is 0 Å². The lowest BCUT2D eigenvalue weighted by Crippen LogP contribution is -2.20. The van der Waals surface area contributed by atoms with Crippen LogP contribution < -0.4 is 5.32 Å². The van der Waals surface area contributed by atoms with Crippen LogP contribution in [-0.2, 0) is 17.2 Å². The molecule has 2 atom stereocenters. The first kappa shape index (κ1) is 16.8. The quantitative estimate of drug-likeness (QED) is 0.786. The zero-order valence-electron chi connectivity index (χ0n) is 13.0. The van der Waals surface area contributed by atoms with E-state index in [2.05, 4.69) is 12.2 Å². The molecule has 1 N–H and O–H groups in total. The third kappa shape index (κ3) is 5.04. The van der Waals surface area contributed by atoms with Crippen molar-refractivity contribution in [1.29, 1.82) is 0 Å². The maximum Gasteiger partial charge on any atom is 0.123 e. The number of aryl methyl sites for hydroxylation is 1. The van der Waals surface area contributed by atoms with Crippen molar-refractivity contribution in [3.8, 4) is 0 Å². The fraction of sp³-hybridized carbons (Fsp3) is 0.333. The van der Waals surface area contributed by atoms with Gasteiger partial charge in [-0.15, -0.1) is 0 Å². The highest BCUT2D eigenvalue weighted by atomic mass is 32.2. The number of hydrogen-bond donors (Lipinski definition) is 1. The lowest BCUT2D eigenvalue weighted by Gasteiger charge is -2.14. The SMILES string of the molecule is C[C@H](NCCCc1cccc(F)c1)c1ccc([S@](C)=O)cc1. The molecular weight excluding hydrogens is 297 g/mol. The first-order valence-corrected chi connectivity index (χ1v) is 9.03. The largest absolute Gasteiger partial charge is 0.310 e. The molecule has 22 heavy (non-hydrogen) atoms. The van der Waals surface area contributed by atoms with Crippen LogP contribution in [0.1, 0.15) is 30.5 Å². The molecule has 0 aliphatic heterocycles. The summed E-state index contributed by atoms with van der Waals surface area (Å²) < 4.78 is 24.4. The van der Waals surface area contributed by atoms with Crippen LogP contribution in [-0.4, -0.2) is 17.0 Å². The van der Waals surface area contributed by atoms with E-state index in [1.807, 2.05) is 30.3 Å². The highest BCUT2D eigenvalue weighted by molar-refractivity contribution is 7.84. The Morgan fingerprint density at radius 3 is 2.55 bits per heavy atom. The van der Waals surface area contributed by atoms with Gasteiger partial charge in [0.25, 0.3) is 0 Å². The zero-order chi connectivity index (χ0) is 15.9. The smallest absolute Gasteiger partial charge is 0.123 e. The molecule has 2 nitrogen and oxygen atoms in total. The molecule has 2 aromatic rings. The Morgan fingerprint density at radius 2 is 1.91 bits per heavy atom. The molecule has 0 aliphatic carbocycles. The molecule has 2 aromatic carbocycles. The molecular formula is C18H22FNOS. The van der Waals surface area contributed by atoms with E-state index in [-0.39, 0.29) is 11.9 Å². The molecule has 0 spiro atoms. The Bertz CT molecular complexity index is 627. The molecule has 0 unspecified atom stereocenters. The predicted molar refractivity (Wildman–Crippen MR) is 89.9 cm³/mol. The lowest BCUT2D eigenvalue weighted by atomic mass is 10.1. The van der Waals surface area contributed by atoms with Gasteiger partial charge in [-0.05, 0) is 61.7 Å². The molecule has 0 bridgehead atoms. The standard InChI is InChI=1S/C18H22FNOS/c1-14(16-8-10-18(11-9-16)22(2)21)20-12-4-6-15-5-3-7-17(19)13-15/h3,5,7-11,13-14,20H,4,6,12H2,1-2H3/t14-,22-/m0/s1. The second-order valence-corrected chi connectivity index (χ2v) is 6.81. The Labute approximate surface area is 134 Å². The van der Waals surface area contributed by atoms with E-state index < -0.39 is 10.8 Å². The maximum atomic E-state index is 13.1. The third-order valence-electron chi connectivity index (χ3n) is 3.69. The number of nitrogens with one attached hydrogen (secondary N) is 1. The van der Waals surface area contributed by atoms with Crippen LogP contribution in [0.4, 0.5) is 4.39 Å². The Balaban J connectivity index is 1.77. The first-order chi connectivity index (χ1) is 10.6. The van der Waals surface area contributed by atoms with E-state index in [1.54, 1.807) is 18.4 Å². The van der Waals surface area contributed by atoms with Crippen molar-refractivity contribution in [1.82, 2.24) is 5.32 Å². The van der Waals surface area contributed by atoms with Crippen LogP contribution in [0.25, 0.3) is 0 Å². The molecule has 0 heterocycles. The van der Waals surface area contributed by atoms with Gasteiger partial charge in [0, 0.05) is 28.0 Å². The highest BCUT2D eigenvalue weighted by Crippen LogP contribution is 2.15. The van der Waals surface area contributed by atoms with Gasteiger partial charge in [0.15, 0.2) is 0 Å². The van der Waals surface area contributed by atoms with E-state index in [0.29, 0.717) is 0 Å². The fourth-order valence-electron chi connectivity index (χ4n) is 2.37. The maximum absolute atomic E-state index is 13.1. The van der Waals surface area contributed by atoms with Crippen LogP contribution in [0.15, 0.2) is 53.4 Å². The van der Waals surface area contributed by atoms with Gasteiger partial charge in [-0.1, -0.05) is 24.3 Å². The van der Waals surface area contributed by atoms with Gasteiger partial charge >= 0.3 is 0 Å². The van der Waals surface area contributed by atoms with Crippen molar-refractivity contribution in [2.24, 2.45) is 0 Å². The number of hydrogen-bond acceptors (Lipinski definition) is 2. The minimum Gasteiger partial charge on any atom is -0.310 e. The average Bonchev–Trinajstić information content (AvgIpc) is 2.51. The fourth-order valence-corrected chi connectivity index (χ4v) is 2.89. The molecule has 0 aromatic heterocycles. The highest BCUT2D eigenvalue weighted by Gasteiger charge is 2.05. The normalized spacial score (nSPS) is 13.8. The lowest BCUT2D eigenvalue weighted by molar-refractivity contribution is 0.557. The van der Waals surface area contributed by atoms with Gasteiger partial charge in [0.1, 0.15) is 5.82 Å². The third-order valence-corrected chi connectivity index (χ3v) is 4.63. The minimum absolute atomic E-state index is 0.174. The van der Waals surface area contributed by atoms with Crippen LogP contribution in [0.3, 0.4) is 0 Å². The van der Waals surface area contributed by atoms with Gasteiger partial charge in [-0.3, -0.25) is 4.21 Å². The van der Waals surface area contributed by atoms with Crippen molar-refractivity contribution >= 4 is 10.8 Å². The topological polar surface area (TPSA) is 29.1 Å². The second kappa shape index (κ2) is 8.20. The van der Waals surface area contributed by atoms with Crippen molar-refractivity contribution < 1.29 is 8.60 Å². The summed E-state index contributed by atoms with van der Waals surface area (Å²) in [5, 5.41) is 3.46. The summed E-state index contributed by atoms with van der Waals surface area (Å²) in [7, 11) is -0.931. The molecule has 4 heteroatoms. The zero-order valence-corrected chi connectivity index (χ0v) is 13.8. The molecule has 0 saturated heterocycles. The predicted octanol–water partition coefficient (Wildman–Crippen LogP) is 3.85. The van der Waals surface area contributed by atoms with Crippen molar-refractivity contribution in [2.75, 3.05) is 12.8 Å². The monoisotopic (exact) mass is 319 g/mol. The van der Waals surface area contributed by atoms with Gasteiger partial charge in [-0.25, -0.2) is 4.39 Å². The minimum atomic E-state index is -0.931. The van der Waals surface area contributed by atoms with Crippen LogP contribution in [0.5, 0.6) is 0 Å². The van der Waals surface area contributed by atoms with Crippen LogP contribution in [0, 0.1) is 5.82 Å². The Kier molecular flexibility index (Phi) is 6.28. The molecule has 2 rings (SSSR count). The van der Waals surface area contributed by atoms with E-state index >= 15 is 0 Å². The van der Waals surface area contributed by atoms with E-state index in [0.717, 1.165) is 29.8 Å². The molecule has 118 valence electrons. The number of halogens is 1.